The van der Waals surface area contributed by atoms with Crippen LogP contribution in [0.3, 0.4) is 0 Å². The highest BCUT2D eigenvalue weighted by atomic mass is 32.2. The van der Waals surface area contributed by atoms with E-state index < -0.39 is 22.0 Å². The van der Waals surface area contributed by atoms with Crippen molar-refractivity contribution in [2.45, 2.75) is 30.7 Å². The van der Waals surface area contributed by atoms with E-state index in [1.54, 1.807) is 55.5 Å². The quantitative estimate of drug-likeness (QED) is 0.306. The molecule has 0 unspecified atom stereocenters. The van der Waals surface area contributed by atoms with Crippen molar-refractivity contribution >= 4 is 38.6 Å². The van der Waals surface area contributed by atoms with Crippen LogP contribution in [-0.4, -0.2) is 31.4 Å². The number of benzene rings is 3. The Bertz CT molecular complexity index is 1430. The second kappa shape index (κ2) is 10.1. The van der Waals surface area contributed by atoms with Crippen LogP contribution in [-0.2, 0) is 14.8 Å². The Labute approximate surface area is 202 Å². The summed E-state index contributed by atoms with van der Waals surface area (Å²) in [5.41, 5.74) is 2.80. The molecule has 0 aliphatic carbocycles. The number of hydrogen-bond acceptors (Lipinski definition) is 5. The molecule has 35 heavy (non-hydrogen) atoms. The summed E-state index contributed by atoms with van der Waals surface area (Å²) in [6.07, 6.45) is 0.735. The van der Waals surface area contributed by atoms with Crippen molar-refractivity contribution in [1.82, 2.24) is 4.72 Å². The van der Waals surface area contributed by atoms with Gasteiger partial charge in [-0.15, -0.1) is 0 Å². The van der Waals surface area contributed by atoms with E-state index in [-0.39, 0.29) is 23.0 Å². The molecule has 3 aromatic carbocycles. The largest absolute Gasteiger partial charge is 0.480 e. The first kappa shape index (κ1) is 24.2. The lowest BCUT2D eigenvalue weighted by atomic mass is 10.1. The Kier molecular flexibility index (Phi) is 6.99. The molecule has 0 saturated heterocycles. The van der Waals surface area contributed by atoms with E-state index in [0.717, 1.165) is 16.5 Å². The molecule has 4 aromatic rings. The molecule has 1 amide bonds. The predicted molar refractivity (Wildman–Crippen MR) is 133 cm³/mol. The fourth-order valence-electron chi connectivity index (χ4n) is 3.64. The summed E-state index contributed by atoms with van der Waals surface area (Å²) in [7, 11) is -3.97. The van der Waals surface area contributed by atoms with E-state index >= 15 is 0 Å². The Morgan fingerprint density at radius 3 is 2.17 bits per heavy atom. The van der Waals surface area contributed by atoms with Crippen molar-refractivity contribution in [2.75, 3.05) is 5.32 Å². The molecule has 9 heteroatoms. The van der Waals surface area contributed by atoms with Gasteiger partial charge in [0.25, 0.3) is 5.91 Å². The van der Waals surface area contributed by atoms with Gasteiger partial charge in [0.15, 0.2) is 5.76 Å². The molecule has 0 radical (unpaired) electrons. The summed E-state index contributed by atoms with van der Waals surface area (Å²) in [5.74, 6) is -1.36. The minimum atomic E-state index is -3.97. The van der Waals surface area contributed by atoms with Crippen LogP contribution in [0.1, 0.15) is 30.3 Å². The molecule has 0 fully saturated rings. The monoisotopic (exact) mass is 492 g/mol. The van der Waals surface area contributed by atoms with Gasteiger partial charge in [0, 0.05) is 11.1 Å². The molecule has 1 atom stereocenters. The number of rotatable bonds is 9. The Balaban J connectivity index is 1.44. The van der Waals surface area contributed by atoms with E-state index in [4.69, 9.17) is 4.42 Å². The normalized spacial score (nSPS) is 12.4. The Morgan fingerprint density at radius 1 is 0.943 bits per heavy atom. The van der Waals surface area contributed by atoms with Gasteiger partial charge in [-0.1, -0.05) is 55.8 Å². The van der Waals surface area contributed by atoms with Crippen LogP contribution in [0, 0.1) is 0 Å². The predicted octanol–water partition coefficient (Wildman–Crippen LogP) is 4.88. The molecular formula is C26H24N2O6S. The van der Waals surface area contributed by atoms with Gasteiger partial charge in [-0.25, -0.2) is 8.42 Å². The van der Waals surface area contributed by atoms with Crippen molar-refractivity contribution in [3.05, 3.63) is 84.6 Å². The first-order valence-electron chi connectivity index (χ1n) is 11.0. The zero-order valence-electron chi connectivity index (χ0n) is 18.9. The number of fused-ring (bicyclic) bond motifs is 1. The highest BCUT2D eigenvalue weighted by molar-refractivity contribution is 7.89. The zero-order chi connectivity index (χ0) is 25.0. The second-order valence-corrected chi connectivity index (χ2v) is 9.72. The number of sulfonamides is 1. The van der Waals surface area contributed by atoms with Crippen molar-refractivity contribution in [1.29, 1.82) is 0 Å². The number of hydrogen-bond donors (Lipinski definition) is 3. The molecule has 0 spiro atoms. The number of carbonyl (C=O) groups excluding carboxylic acids is 1. The first-order valence-corrected chi connectivity index (χ1v) is 12.5. The molecular weight excluding hydrogens is 468 g/mol. The molecule has 4 rings (SSSR count). The number of amides is 1. The van der Waals surface area contributed by atoms with Gasteiger partial charge >= 0.3 is 5.97 Å². The molecule has 0 saturated carbocycles. The van der Waals surface area contributed by atoms with Gasteiger partial charge in [0.2, 0.25) is 10.0 Å². The number of carbonyl (C=O) groups is 2. The average molecular weight is 493 g/mol. The minimum absolute atomic E-state index is 0.0154. The van der Waals surface area contributed by atoms with Gasteiger partial charge in [0.05, 0.1) is 4.90 Å². The van der Waals surface area contributed by atoms with Crippen LogP contribution in [0.25, 0.3) is 22.1 Å². The molecule has 180 valence electrons. The maximum atomic E-state index is 12.6. The standard InChI is InChI=1S/C26H24N2O6S/c1-2-5-22(26(30)31)28-35(32,33)21-14-10-18(11-15-21)17-8-12-20(13-9-17)27-25(29)24-16-19-6-3-4-7-23(19)34-24/h3-4,6-16,22,28H,2,5H2,1H3,(H,27,29)(H,30,31)/t22-/m0/s1. The van der Waals surface area contributed by atoms with Crippen molar-refractivity contribution in [3.63, 3.8) is 0 Å². The summed E-state index contributed by atoms with van der Waals surface area (Å²) in [6, 6.07) is 21.1. The number of carboxylic acids is 1. The highest BCUT2D eigenvalue weighted by Gasteiger charge is 2.24. The third-order valence-electron chi connectivity index (χ3n) is 5.46. The van der Waals surface area contributed by atoms with Crippen molar-refractivity contribution in [3.8, 4) is 11.1 Å². The summed E-state index contributed by atoms with van der Waals surface area (Å²) < 4.78 is 33.0. The topological polar surface area (TPSA) is 126 Å². The van der Waals surface area contributed by atoms with E-state index in [2.05, 4.69) is 10.0 Å². The van der Waals surface area contributed by atoms with Gasteiger partial charge in [-0.05, 0) is 53.9 Å². The summed E-state index contributed by atoms with van der Waals surface area (Å²) in [4.78, 5) is 23.8. The molecule has 0 aliphatic heterocycles. The molecule has 0 bridgehead atoms. The lowest BCUT2D eigenvalue weighted by Crippen LogP contribution is -2.40. The van der Waals surface area contributed by atoms with E-state index in [1.807, 2.05) is 18.2 Å². The van der Waals surface area contributed by atoms with E-state index in [9.17, 15) is 23.1 Å². The number of nitrogens with one attached hydrogen (secondary N) is 2. The van der Waals surface area contributed by atoms with Crippen molar-refractivity contribution < 1.29 is 27.5 Å². The SMILES string of the molecule is CCC[C@H](NS(=O)(=O)c1ccc(-c2ccc(NC(=O)c3cc4ccccc4o3)cc2)cc1)C(=O)O. The van der Waals surface area contributed by atoms with E-state index in [0.29, 0.717) is 17.7 Å². The average Bonchev–Trinajstić information content (AvgIpc) is 3.29. The number of aliphatic carboxylic acids is 1. The van der Waals surface area contributed by atoms with Crippen LogP contribution in [0.5, 0.6) is 0 Å². The molecule has 1 heterocycles. The number of carboxylic acid groups (broad SMARTS) is 1. The zero-order valence-corrected chi connectivity index (χ0v) is 19.7. The lowest BCUT2D eigenvalue weighted by molar-refractivity contribution is -0.139. The highest BCUT2D eigenvalue weighted by Crippen LogP contribution is 2.24. The van der Waals surface area contributed by atoms with Crippen LogP contribution < -0.4 is 10.0 Å². The minimum Gasteiger partial charge on any atom is -0.480 e. The number of para-hydroxylation sites is 1. The maximum Gasteiger partial charge on any atom is 0.321 e. The molecule has 3 N–H and O–H groups in total. The fraction of sp³-hybridized carbons (Fsp3) is 0.154. The first-order chi connectivity index (χ1) is 16.8. The van der Waals surface area contributed by atoms with Gasteiger partial charge in [-0.2, -0.15) is 4.72 Å². The number of anilines is 1. The summed E-state index contributed by atoms with van der Waals surface area (Å²) in [6.45, 7) is 1.79. The van der Waals surface area contributed by atoms with Crippen molar-refractivity contribution in [2.24, 2.45) is 0 Å². The lowest BCUT2D eigenvalue weighted by Gasteiger charge is -2.14. The van der Waals surface area contributed by atoms with Gasteiger partial charge in [-0.3, -0.25) is 9.59 Å². The smallest absolute Gasteiger partial charge is 0.321 e. The Hall–Kier alpha value is -3.95. The third-order valence-corrected chi connectivity index (χ3v) is 6.95. The van der Waals surface area contributed by atoms with Crippen LogP contribution in [0.15, 0.2) is 88.2 Å². The molecule has 0 aliphatic rings. The van der Waals surface area contributed by atoms with Crippen LogP contribution in [0.2, 0.25) is 0 Å². The van der Waals surface area contributed by atoms with E-state index in [1.165, 1.54) is 12.1 Å². The maximum absolute atomic E-state index is 12.6. The van der Waals surface area contributed by atoms with Crippen LogP contribution in [0.4, 0.5) is 5.69 Å². The Morgan fingerprint density at radius 2 is 1.57 bits per heavy atom. The summed E-state index contributed by atoms with van der Waals surface area (Å²) in [5, 5.41) is 12.9. The molecule has 1 aromatic heterocycles. The fourth-order valence-corrected chi connectivity index (χ4v) is 4.86. The number of furan rings is 1. The second-order valence-electron chi connectivity index (χ2n) is 8.01. The van der Waals surface area contributed by atoms with Crippen LogP contribution >= 0.6 is 0 Å². The van der Waals surface area contributed by atoms with Gasteiger partial charge in [0.1, 0.15) is 11.6 Å². The summed E-state index contributed by atoms with van der Waals surface area (Å²) >= 11 is 0. The third kappa shape index (κ3) is 5.59. The molecule has 8 nitrogen and oxygen atoms in total. The van der Waals surface area contributed by atoms with Gasteiger partial charge < -0.3 is 14.8 Å².